The van der Waals surface area contributed by atoms with Crippen molar-refractivity contribution in [3.05, 3.63) is 46.4 Å². The van der Waals surface area contributed by atoms with Gasteiger partial charge in [0.1, 0.15) is 6.61 Å². The highest BCUT2D eigenvalue weighted by molar-refractivity contribution is 9.10. The number of amides is 1. The van der Waals surface area contributed by atoms with E-state index in [0.29, 0.717) is 27.3 Å². The number of rotatable bonds is 4. The fraction of sp³-hybridized carbons (Fsp3) is 0.176. The Morgan fingerprint density at radius 3 is 2.92 bits per heavy atom. The normalized spacial score (nSPS) is 15.8. The highest BCUT2D eigenvalue weighted by Gasteiger charge is 2.27. The van der Waals surface area contributed by atoms with Crippen molar-refractivity contribution >= 4 is 28.1 Å². The molecule has 130 valence electrons. The van der Waals surface area contributed by atoms with Gasteiger partial charge in [-0.05, 0) is 24.3 Å². The van der Waals surface area contributed by atoms with Crippen LogP contribution in [0.4, 0.5) is 0 Å². The van der Waals surface area contributed by atoms with Gasteiger partial charge in [-0.3, -0.25) is 4.79 Å². The summed E-state index contributed by atoms with van der Waals surface area (Å²) >= 11 is 3.31. The lowest BCUT2D eigenvalue weighted by Gasteiger charge is -2.24. The summed E-state index contributed by atoms with van der Waals surface area (Å²) in [5.74, 6) is 0.873. The topological polar surface area (TPSA) is 89.4 Å². The second-order valence-corrected chi connectivity index (χ2v) is 6.06. The Kier molecular flexibility index (Phi) is 5.08. The highest BCUT2D eigenvalue weighted by Crippen LogP contribution is 2.33. The molecular formula is C17H15BrN2O5. The second-order valence-electron chi connectivity index (χ2n) is 5.14. The third-order valence-electron chi connectivity index (χ3n) is 3.47. The van der Waals surface area contributed by atoms with Gasteiger partial charge in [-0.15, -0.1) is 0 Å². The molecule has 0 saturated carbocycles. The van der Waals surface area contributed by atoms with E-state index in [4.69, 9.17) is 14.2 Å². The third-order valence-corrected chi connectivity index (χ3v) is 3.93. The van der Waals surface area contributed by atoms with Crippen molar-refractivity contribution in [2.75, 3.05) is 13.7 Å². The van der Waals surface area contributed by atoms with Crippen molar-refractivity contribution in [1.82, 2.24) is 5.43 Å². The number of nitrogens with zero attached hydrogens (tertiary/aromatic N) is 1. The van der Waals surface area contributed by atoms with E-state index >= 15 is 0 Å². The molecule has 1 amide bonds. The predicted molar refractivity (Wildman–Crippen MR) is 94.4 cm³/mol. The van der Waals surface area contributed by atoms with Gasteiger partial charge < -0.3 is 19.3 Å². The van der Waals surface area contributed by atoms with Gasteiger partial charge >= 0.3 is 0 Å². The molecule has 1 heterocycles. The van der Waals surface area contributed by atoms with Gasteiger partial charge in [0.25, 0.3) is 5.91 Å². The minimum atomic E-state index is -0.808. The van der Waals surface area contributed by atoms with Crippen LogP contribution in [-0.4, -0.2) is 37.0 Å². The molecule has 2 N–H and O–H groups in total. The van der Waals surface area contributed by atoms with Gasteiger partial charge in [0.05, 0.1) is 13.3 Å². The van der Waals surface area contributed by atoms with E-state index in [1.807, 2.05) is 6.07 Å². The molecule has 0 spiro atoms. The van der Waals surface area contributed by atoms with E-state index in [1.54, 1.807) is 30.3 Å². The number of ether oxygens (including phenoxy) is 3. The zero-order chi connectivity index (χ0) is 17.8. The molecular weight excluding hydrogens is 392 g/mol. The number of methoxy groups -OCH3 is 1. The maximum atomic E-state index is 12.1. The number of halogens is 1. The number of hydrazone groups is 1. The standard InChI is InChI=1S/C17H15BrN2O5/c1-23-14-7-11(18)6-10(16(14)21)8-19-20-17(22)15-9-24-12-4-2-3-5-13(12)25-15/h2-8,15,21H,9H2,1H3,(H,20,22)/b19-8-/t15-/m0/s1. The maximum Gasteiger partial charge on any atom is 0.284 e. The number of phenolic OH excluding ortho intramolecular Hbond substituents is 1. The Hall–Kier alpha value is -2.74. The first-order valence-corrected chi connectivity index (χ1v) is 8.15. The summed E-state index contributed by atoms with van der Waals surface area (Å²) in [7, 11) is 1.45. The van der Waals surface area contributed by atoms with Crippen molar-refractivity contribution in [3.8, 4) is 23.0 Å². The van der Waals surface area contributed by atoms with Crippen LogP contribution in [-0.2, 0) is 4.79 Å². The van der Waals surface area contributed by atoms with Crippen molar-refractivity contribution < 1.29 is 24.1 Å². The van der Waals surface area contributed by atoms with Gasteiger partial charge in [0.2, 0.25) is 6.10 Å². The van der Waals surface area contributed by atoms with E-state index in [2.05, 4.69) is 26.5 Å². The smallest absolute Gasteiger partial charge is 0.284 e. The minimum absolute atomic E-state index is 0.0742. The summed E-state index contributed by atoms with van der Waals surface area (Å²) in [5, 5.41) is 13.9. The molecule has 8 heteroatoms. The first-order chi connectivity index (χ1) is 12.1. The molecule has 0 unspecified atom stereocenters. The van der Waals surface area contributed by atoms with E-state index in [0.717, 1.165) is 0 Å². The number of benzene rings is 2. The summed E-state index contributed by atoms with van der Waals surface area (Å²) in [4.78, 5) is 12.1. The molecule has 0 bridgehead atoms. The fourth-order valence-electron chi connectivity index (χ4n) is 2.23. The molecule has 2 aromatic carbocycles. The molecule has 0 aliphatic carbocycles. The van der Waals surface area contributed by atoms with Crippen LogP contribution in [0, 0.1) is 0 Å². The highest BCUT2D eigenvalue weighted by atomic mass is 79.9. The Labute approximate surface area is 152 Å². The fourth-order valence-corrected chi connectivity index (χ4v) is 2.69. The number of phenols is 1. The molecule has 3 rings (SSSR count). The lowest BCUT2D eigenvalue weighted by molar-refractivity contribution is -0.130. The molecule has 0 aromatic heterocycles. The van der Waals surface area contributed by atoms with Crippen LogP contribution in [0.5, 0.6) is 23.0 Å². The first kappa shape index (κ1) is 17.1. The molecule has 1 atom stereocenters. The van der Waals surface area contributed by atoms with E-state index < -0.39 is 12.0 Å². The summed E-state index contributed by atoms with van der Waals surface area (Å²) < 4.78 is 16.8. The zero-order valence-electron chi connectivity index (χ0n) is 13.2. The average molecular weight is 407 g/mol. The molecule has 1 aliphatic rings. The van der Waals surface area contributed by atoms with E-state index in [-0.39, 0.29) is 12.4 Å². The van der Waals surface area contributed by atoms with Crippen molar-refractivity contribution in [2.45, 2.75) is 6.10 Å². The second kappa shape index (κ2) is 7.43. The molecule has 25 heavy (non-hydrogen) atoms. The number of para-hydroxylation sites is 2. The van der Waals surface area contributed by atoms with Gasteiger partial charge in [-0.25, -0.2) is 5.43 Å². The molecule has 0 radical (unpaired) electrons. The van der Waals surface area contributed by atoms with Crippen molar-refractivity contribution in [2.24, 2.45) is 5.10 Å². The van der Waals surface area contributed by atoms with Crippen LogP contribution >= 0.6 is 15.9 Å². The Morgan fingerprint density at radius 1 is 1.40 bits per heavy atom. The van der Waals surface area contributed by atoms with Crippen LogP contribution < -0.4 is 19.6 Å². The lowest BCUT2D eigenvalue weighted by atomic mass is 10.2. The van der Waals surface area contributed by atoms with Crippen LogP contribution in [0.3, 0.4) is 0 Å². The molecule has 0 fully saturated rings. The van der Waals surface area contributed by atoms with Crippen LogP contribution in [0.1, 0.15) is 5.56 Å². The number of hydrogen-bond donors (Lipinski definition) is 2. The number of aromatic hydroxyl groups is 1. The van der Waals surface area contributed by atoms with Crippen LogP contribution in [0.25, 0.3) is 0 Å². The summed E-state index contributed by atoms with van der Waals surface area (Å²) in [5.41, 5.74) is 2.76. The molecule has 0 saturated heterocycles. The quantitative estimate of drug-likeness (QED) is 0.601. The first-order valence-electron chi connectivity index (χ1n) is 7.36. The maximum absolute atomic E-state index is 12.1. The minimum Gasteiger partial charge on any atom is -0.504 e. The monoisotopic (exact) mass is 406 g/mol. The van der Waals surface area contributed by atoms with Crippen LogP contribution in [0.15, 0.2) is 46.0 Å². The Morgan fingerprint density at radius 2 is 2.16 bits per heavy atom. The summed E-state index contributed by atoms with van der Waals surface area (Å²) in [6, 6.07) is 10.4. The number of nitrogens with one attached hydrogen (secondary N) is 1. The molecule has 2 aromatic rings. The number of carbonyl (C=O) groups is 1. The zero-order valence-corrected chi connectivity index (χ0v) is 14.8. The Bertz CT molecular complexity index is 825. The van der Waals surface area contributed by atoms with Gasteiger partial charge in [-0.1, -0.05) is 28.1 Å². The van der Waals surface area contributed by atoms with Crippen molar-refractivity contribution in [1.29, 1.82) is 0 Å². The number of fused-ring (bicyclic) bond motifs is 1. The predicted octanol–water partition coefficient (Wildman–Crippen LogP) is 2.45. The average Bonchev–Trinajstić information content (AvgIpc) is 2.63. The summed E-state index contributed by atoms with van der Waals surface area (Å²) in [6.07, 6.45) is 0.510. The third kappa shape index (κ3) is 3.85. The van der Waals surface area contributed by atoms with Crippen LogP contribution in [0.2, 0.25) is 0 Å². The SMILES string of the molecule is COc1cc(Br)cc(/C=N\NC(=O)[C@@H]2COc3ccccc3O2)c1O. The van der Waals surface area contributed by atoms with Gasteiger partial charge in [0.15, 0.2) is 23.0 Å². The lowest BCUT2D eigenvalue weighted by Crippen LogP contribution is -2.42. The van der Waals surface area contributed by atoms with Crippen molar-refractivity contribution in [3.63, 3.8) is 0 Å². The largest absolute Gasteiger partial charge is 0.504 e. The summed E-state index contributed by atoms with van der Waals surface area (Å²) in [6.45, 7) is 0.0916. The van der Waals surface area contributed by atoms with E-state index in [1.165, 1.54) is 13.3 Å². The number of hydrogen-bond acceptors (Lipinski definition) is 6. The van der Waals surface area contributed by atoms with Gasteiger partial charge in [0, 0.05) is 10.0 Å². The van der Waals surface area contributed by atoms with E-state index in [9.17, 15) is 9.90 Å². The van der Waals surface area contributed by atoms with Gasteiger partial charge in [-0.2, -0.15) is 5.10 Å². The Balaban J connectivity index is 1.65. The number of carbonyl (C=O) groups excluding carboxylic acids is 1. The molecule has 1 aliphatic heterocycles. The molecule has 7 nitrogen and oxygen atoms in total.